The second kappa shape index (κ2) is 8.18. The Hall–Kier alpha value is -2.04. The Morgan fingerprint density at radius 3 is 2.67 bits per heavy atom. The number of unbranched alkanes of at least 4 members (excludes halogenated alkanes) is 1. The van der Waals surface area contributed by atoms with Crippen LogP contribution >= 0.6 is 0 Å². The Kier molecular flexibility index (Phi) is 6.23. The molecule has 0 spiro atoms. The third kappa shape index (κ3) is 4.28. The number of nitrogens with one attached hydrogen (secondary N) is 1. The highest BCUT2D eigenvalue weighted by Crippen LogP contribution is 2.24. The van der Waals surface area contributed by atoms with Gasteiger partial charge in [0.25, 0.3) is 0 Å². The quantitative estimate of drug-likeness (QED) is 0.870. The van der Waals surface area contributed by atoms with Crippen LogP contribution in [-0.2, 0) is 4.79 Å². The summed E-state index contributed by atoms with van der Waals surface area (Å²) in [6, 6.07) is 5.86. The van der Waals surface area contributed by atoms with Gasteiger partial charge in [-0.05, 0) is 50.5 Å². The van der Waals surface area contributed by atoms with E-state index < -0.39 is 0 Å². The van der Waals surface area contributed by atoms with E-state index in [1.807, 2.05) is 36.9 Å². The molecule has 0 saturated carbocycles. The number of amides is 3. The number of hydrogen-bond acceptors (Lipinski definition) is 2. The summed E-state index contributed by atoms with van der Waals surface area (Å²) >= 11 is 0. The van der Waals surface area contributed by atoms with Gasteiger partial charge in [0.05, 0.1) is 6.04 Å². The van der Waals surface area contributed by atoms with Crippen LogP contribution < -0.4 is 10.2 Å². The zero-order valence-corrected chi connectivity index (χ0v) is 15.3. The zero-order valence-electron chi connectivity index (χ0n) is 15.3. The molecule has 5 nitrogen and oxygen atoms in total. The van der Waals surface area contributed by atoms with Crippen molar-refractivity contribution in [3.05, 3.63) is 29.3 Å². The fourth-order valence-electron chi connectivity index (χ4n) is 2.97. The van der Waals surface area contributed by atoms with Gasteiger partial charge < -0.3 is 15.1 Å². The van der Waals surface area contributed by atoms with Crippen LogP contribution in [0.1, 0.15) is 44.2 Å². The molecule has 1 saturated heterocycles. The monoisotopic (exact) mass is 331 g/mol. The maximum absolute atomic E-state index is 12.4. The van der Waals surface area contributed by atoms with Gasteiger partial charge in [-0.2, -0.15) is 0 Å². The van der Waals surface area contributed by atoms with Gasteiger partial charge in [-0.3, -0.25) is 4.79 Å². The lowest BCUT2D eigenvalue weighted by Gasteiger charge is -2.24. The molecule has 24 heavy (non-hydrogen) atoms. The number of anilines is 1. The molecule has 1 unspecified atom stereocenters. The second-order valence-corrected chi connectivity index (χ2v) is 6.56. The minimum Gasteiger partial charge on any atom is -0.333 e. The summed E-state index contributed by atoms with van der Waals surface area (Å²) in [6.07, 6.45) is 2.43. The van der Waals surface area contributed by atoms with E-state index in [0.717, 1.165) is 25.1 Å². The first-order chi connectivity index (χ1) is 11.5. The largest absolute Gasteiger partial charge is 0.333 e. The minimum atomic E-state index is -0.123. The van der Waals surface area contributed by atoms with Gasteiger partial charge in [-0.15, -0.1) is 0 Å². The molecule has 1 heterocycles. The van der Waals surface area contributed by atoms with Gasteiger partial charge in [0, 0.05) is 31.7 Å². The van der Waals surface area contributed by atoms with Crippen LogP contribution in [0.3, 0.4) is 0 Å². The molecule has 0 aromatic heterocycles. The van der Waals surface area contributed by atoms with E-state index >= 15 is 0 Å². The summed E-state index contributed by atoms with van der Waals surface area (Å²) in [4.78, 5) is 28.3. The summed E-state index contributed by atoms with van der Waals surface area (Å²) in [5.74, 6) is 0.0696. The molecule has 1 aliphatic heterocycles. The number of nitrogens with zero attached hydrogens (tertiary/aromatic N) is 2. The van der Waals surface area contributed by atoms with Crippen molar-refractivity contribution in [2.24, 2.45) is 0 Å². The van der Waals surface area contributed by atoms with Crippen LogP contribution in [0.25, 0.3) is 0 Å². The SMILES string of the molecule is CCCCN(CC)C(=O)NC1CC(=O)N(c2ccc(C)c(C)c2)C1. The van der Waals surface area contributed by atoms with Crippen LogP contribution in [0, 0.1) is 13.8 Å². The lowest BCUT2D eigenvalue weighted by molar-refractivity contribution is -0.117. The van der Waals surface area contributed by atoms with E-state index in [2.05, 4.69) is 19.2 Å². The molecule has 2 rings (SSSR count). The van der Waals surface area contributed by atoms with E-state index in [4.69, 9.17) is 0 Å². The standard InChI is InChI=1S/C19H29N3O2/c1-5-7-10-21(6-2)19(24)20-16-12-18(23)22(13-16)17-9-8-14(3)15(4)11-17/h8-9,11,16H,5-7,10,12-13H2,1-4H3,(H,20,24). The van der Waals surface area contributed by atoms with E-state index in [-0.39, 0.29) is 18.0 Å². The number of carbonyl (C=O) groups is 2. The summed E-state index contributed by atoms with van der Waals surface area (Å²) in [6.45, 7) is 10.2. The van der Waals surface area contributed by atoms with Crippen molar-refractivity contribution in [3.63, 3.8) is 0 Å². The molecule has 0 radical (unpaired) electrons. The molecule has 1 aliphatic rings. The van der Waals surface area contributed by atoms with Gasteiger partial charge in [-0.25, -0.2) is 4.79 Å². The van der Waals surface area contributed by atoms with Crippen molar-refractivity contribution < 1.29 is 9.59 Å². The Bertz CT molecular complexity index is 600. The molecule has 1 N–H and O–H groups in total. The van der Waals surface area contributed by atoms with E-state index in [9.17, 15) is 9.59 Å². The summed E-state index contributed by atoms with van der Waals surface area (Å²) in [7, 11) is 0. The molecular formula is C19H29N3O2. The van der Waals surface area contributed by atoms with Crippen molar-refractivity contribution >= 4 is 17.6 Å². The fourth-order valence-corrected chi connectivity index (χ4v) is 2.97. The molecule has 5 heteroatoms. The summed E-state index contributed by atoms with van der Waals surface area (Å²) in [5, 5.41) is 3.02. The highest BCUT2D eigenvalue weighted by Gasteiger charge is 2.32. The zero-order chi connectivity index (χ0) is 17.7. The summed E-state index contributed by atoms with van der Waals surface area (Å²) < 4.78 is 0. The molecule has 3 amide bonds. The van der Waals surface area contributed by atoms with Crippen molar-refractivity contribution in [2.75, 3.05) is 24.5 Å². The molecule has 132 valence electrons. The van der Waals surface area contributed by atoms with Crippen molar-refractivity contribution in [1.29, 1.82) is 0 Å². The van der Waals surface area contributed by atoms with Crippen molar-refractivity contribution in [3.8, 4) is 0 Å². The summed E-state index contributed by atoms with van der Waals surface area (Å²) in [5.41, 5.74) is 3.30. The third-order valence-electron chi connectivity index (χ3n) is 4.71. The number of benzene rings is 1. The van der Waals surface area contributed by atoms with Gasteiger partial charge >= 0.3 is 6.03 Å². The Labute approximate surface area is 145 Å². The predicted octanol–water partition coefficient (Wildman–Crippen LogP) is 3.24. The third-order valence-corrected chi connectivity index (χ3v) is 4.71. The average Bonchev–Trinajstić information content (AvgIpc) is 2.91. The number of hydrogen-bond donors (Lipinski definition) is 1. The molecule has 1 fully saturated rings. The molecule has 0 bridgehead atoms. The molecule has 1 aromatic rings. The van der Waals surface area contributed by atoms with Gasteiger partial charge in [0.1, 0.15) is 0 Å². The average molecular weight is 331 g/mol. The second-order valence-electron chi connectivity index (χ2n) is 6.56. The maximum Gasteiger partial charge on any atom is 0.317 e. The molecular weight excluding hydrogens is 302 g/mol. The van der Waals surface area contributed by atoms with E-state index in [1.165, 1.54) is 11.1 Å². The van der Waals surface area contributed by atoms with Crippen LogP contribution in [0.15, 0.2) is 18.2 Å². The normalized spacial score (nSPS) is 17.2. The highest BCUT2D eigenvalue weighted by molar-refractivity contribution is 5.96. The van der Waals surface area contributed by atoms with Crippen LogP contribution in [0.4, 0.5) is 10.5 Å². The number of rotatable bonds is 6. The predicted molar refractivity (Wildman–Crippen MR) is 97.4 cm³/mol. The van der Waals surface area contributed by atoms with Crippen molar-refractivity contribution in [1.82, 2.24) is 10.2 Å². The molecule has 0 aliphatic carbocycles. The number of carbonyl (C=O) groups excluding carboxylic acids is 2. The smallest absolute Gasteiger partial charge is 0.317 e. The van der Waals surface area contributed by atoms with E-state index in [0.29, 0.717) is 19.5 Å². The van der Waals surface area contributed by atoms with Crippen LogP contribution in [0.5, 0.6) is 0 Å². The van der Waals surface area contributed by atoms with Crippen LogP contribution in [-0.4, -0.2) is 42.5 Å². The van der Waals surface area contributed by atoms with Gasteiger partial charge in [0.2, 0.25) is 5.91 Å². The number of urea groups is 1. The first kappa shape index (κ1) is 18.3. The molecule has 1 aromatic carbocycles. The van der Waals surface area contributed by atoms with Crippen LogP contribution in [0.2, 0.25) is 0 Å². The van der Waals surface area contributed by atoms with Gasteiger partial charge in [0.15, 0.2) is 0 Å². The first-order valence-corrected chi connectivity index (χ1v) is 8.89. The Balaban J connectivity index is 1.98. The highest BCUT2D eigenvalue weighted by atomic mass is 16.2. The van der Waals surface area contributed by atoms with E-state index in [1.54, 1.807) is 4.90 Å². The van der Waals surface area contributed by atoms with Gasteiger partial charge in [-0.1, -0.05) is 19.4 Å². The lowest BCUT2D eigenvalue weighted by Crippen LogP contribution is -2.46. The number of aryl methyl sites for hydroxylation is 2. The lowest BCUT2D eigenvalue weighted by atomic mass is 10.1. The fraction of sp³-hybridized carbons (Fsp3) is 0.579. The first-order valence-electron chi connectivity index (χ1n) is 8.89. The topological polar surface area (TPSA) is 52.7 Å². The Morgan fingerprint density at radius 1 is 1.29 bits per heavy atom. The van der Waals surface area contributed by atoms with Crippen molar-refractivity contribution in [2.45, 2.75) is 53.0 Å². The molecule has 1 atom stereocenters. The Morgan fingerprint density at radius 2 is 2.04 bits per heavy atom. The maximum atomic E-state index is 12.4. The minimum absolute atomic E-state index is 0.0642.